The summed E-state index contributed by atoms with van der Waals surface area (Å²) in [7, 11) is 0. The standard InChI is InChI=1S/C14H12N2O4/c1-2-18-13(17)8-12-15-14(16-20-12)11-7-9-5-3-4-6-10(9)19-11/h3-7H,2,8H2,1H3. The third-order valence-electron chi connectivity index (χ3n) is 2.71. The van der Waals surface area contributed by atoms with Gasteiger partial charge in [0, 0.05) is 5.39 Å². The van der Waals surface area contributed by atoms with E-state index < -0.39 is 5.97 Å². The molecule has 2 heterocycles. The van der Waals surface area contributed by atoms with Gasteiger partial charge in [0.1, 0.15) is 12.0 Å². The number of rotatable bonds is 4. The molecule has 0 bridgehead atoms. The Bertz CT molecular complexity index is 711. The molecule has 0 atom stereocenters. The topological polar surface area (TPSA) is 78.4 Å². The molecular formula is C14H12N2O4. The smallest absolute Gasteiger partial charge is 0.315 e. The fourth-order valence-corrected chi connectivity index (χ4v) is 1.85. The molecule has 0 fully saturated rings. The summed E-state index contributed by atoms with van der Waals surface area (Å²) in [6.07, 6.45) is -0.0406. The molecule has 20 heavy (non-hydrogen) atoms. The number of carbonyl (C=O) groups is 1. The van der Waals surface area contributed by atoms with Crippen molar-refractivity contribution in [3.05, 3.63) is 36.2 Å². The van der Waals surface area contributed by atoms with Crippen molar-refractivity contribution in [1.29, 1.82) is 0 Å². The number of nitrogens with zero attached hydrogens (tertiary/aromatic N) is 2. The fraction of sp³-hybridized carbons (Fsp3) is 0.214. The molecular weight excluding hydrogens is 260 g/mol. The summed E-state index contributed by atoms with van der Waals surface area (Å²) in [6.45, 7) is 2.06. The van der Waals surface area contributed by atoms with Gasteiger partial charge >= 0.3 is 5.97 Å². The number of para-hydroxylation sites is 1. The minimum absolute atomic E-state index is 0.0406. The van der Waals surface area contributed by atoms with Crippen molar-refractivity contribution in [2.24, 2.45) is 0 Å². The predicted molar refractivity (Wildman–Crippen MR) is 69.8 cm³/mol. The van der Waals surface area contributed by atoms with Crippen LogP contribution in [0.2, 0.25) is 0 Å². The molecule has 102 valence electrons. The van der Waals surface area contributed by atoms with Crippen LogP contribution < -0.4 is 0 Å². The second-order valence-electron chi connectivity index (χ2n) is 4.14. The maximum Gasteiger partial charge on any atom is 0.315 e. The van der Waals surface area contributed by atoms with E-state index in [4.69, 9.17) is 13.7 Å². The lowest BCUT2D eigenvalue weighted by Crippen LogP contribution is -2.07. The second kappa shape index (κ2) is 5.16. The quantitative estimate of drug-likeness (QED) is 0.679. The van der Waals surface area contributed by atoms with Gasteiger partial charge in [0.05, 0.1) is 6.61 Å². The third-order valence-corrected chi connectivity index (χ3v) is 2.71. The molecule has 0 radical (unpaired) electrons. The first-order valence-corrected chi connectivity index (χ1v) is 6.23. The summed E-state index contributed by atoms with van der Waals surface area (Å²) >= 11 is 0. The molecule has 0 aliphatic heterocycles. The molecule has 0 spiro atoms. The fourth-order valence-electron chi connectivity index (χ4n) is 1.85. The average molecular weight is 272 g/mol. The van der Waals surface area contributed by atoms with Gasteiger partial charge in [0.15, 0.2) is 5.76 Å². The van der Waals surface area contributed by atoms with Crippen molar-refractivity contribution in [2.75, 3.05) is 6.61 Å². The molecule has 0 amide bonds. The van der Waals surface area contributed by atoms with Crippen LogP contribution >= 0.6 is 0 Å². The lowest BCUT2D eigenvalue weighted by Gasteiger charge is -1.96. The van der Waals surface area contributed by atoms with E-state index in [-0.39, 0.29) is 12.3 Å². The summed E-state index contributed by atoms with van der Waals surface area (Å²) in [5.74, 6) is 0.636. The van der Waals surface area contributed by atoms with Crippen LogP contribution in [0, 0.1) is 0 Å². The van der Waals surface area contributed by atoms with E-state index in [1.807, 2.05) is 30.3 Å². The van der Waals surface area contributed by atoms with E-state index in [1.165, 1.54) is 0 Å². The van der Waals surface area contributed by atoms with Crippen LogP contribution in [0.5, 0.6) is 0 Å². The highest BCUT2D eigenvalue weighted by Crippen LogP contribution is 2.25. The molecule has 0 N–H and O–H groups in total. The number of ether oxygens (including phenoxy) is 1. The molecule has 0 saturated heterocycles. The predicted octanol–water partition coefficient (Wildman–Crippen LogP) is 2.59. The maximum atomic E-state index is 11.3. The summed E-state index contributed by atoms with van der Waals surface area (Å²) in [6, 6.07) is 9.43. The molecule has 3 rings (SSSR count). The minimum atomic E-state index is -0.396. The highest BCUT2D eigenvalue weighted by molar-refractivity contribution is 5.81. The van der Waals surface area contributed by atoms with E-state index in [0.717, 1.165) is 11.0 Å². The third kappa shape index (κ3) is 2.40. The number of furan rings is 1. The number of hydrogen-bond acceptors (Lipinski definition) is 6. The molecule has 2 aromatic heterocycles. The normalized spacial score (nSPS) is 10.8. The largest absolute Gasteiger partial charge is 0.466 e. The van der Waals surface area contributed by atoms with Gasteiger partial charge < -0.3 is 13.7 Å². The zero-order chi connectivity index (χ0) is 13.9. The Morgan fingerprint density at radius 2 is 2.20 bits per heavy atom. The molecule has 0 saturated carbocycles. The number of hydrogen-bond donors (Lipinski definition) is 0. The first-order valence-electron chi connectivity index (χ1n) is 6.23. The van der Waals surface area contributed by atoms with Crippen molar-refractivity contribution >= 4 is 16.9 Å². The number of esters is 1. The lowest BCUT2D eigenvalue weighted by atomic mass is 10.2. The van der Waals surface area contributed by atoms with Crippen LogP contribution in [-0.2, 0) is 16.0 Å². The first kappa shape index (κ1) is 12.4. The Kier molecular flexibility index (Phi) is 3.20. The van der Waals surface area contributed by atoms with E-state index in [1.54, 1.807) is 6.92 Å². The SMILES string of the molecule is CCOC(=O)Cc1nc(-c2cc3ccccc3o2)no1. The van der Waals surface area contributed by atoms with Gasteiger partial charge in [-0.1, -0.05) is 23.4 Å². The van der Waals surface area contributed by atoms with E-state index >= 15 is 0 Å². The average Bonchev–Trinajstić information content (AvgIpc) is 3.04. The highest BCUT2D eigenvalue weighted by Gasteiger charge is 2.15. The molecule has 6 heteroatoms. The highest BCUT2D eigenvalue weighted by atomic mass is 16.5. The van der Waals surface area contributed by atoms with Crippen LogP contribution in [0.3, 0.4) is 0 Å². The van der Waals surface area contributed by atoms with Crippen molar-refractivity contribution in [3.63, 3.8) is 0 Å². The molecule has 0 aliphatic carbocycles. The number of benzene rings is 1. The van der Waals surface area contributed by atoms with Crippen molar-refractivity contribution in [2.45, 2.75) is 13.3 Å². The van der Waals surface area contributed by atoms with Crippen molar-refractivity contribution in [1.82, 2.24) is 10.1 Å². The molecule has 6 nitrogen and oxygen atoms in total. The number of fused-ring (bicyclic) bond motifs is 1. The van der Waals surface area contributed by atoms with E-state index in [2.05, 4.69) is 10.1 Å². The van der Waals surface area contributed by atoms with Gasteiger partial charge in [0.25, 0.3) is 0 Å². The van der Waals surface area contributed by atoms with E-state index in [9.17, 15) is 4.79 Å². The maximum absolute atomic E-state index is 11.3. The summed E-state index contributed by atoms with van der Waals surface area (Å²) in [5, 5.41) is 4.76. The van der Waals surface area contributed by atoms with Crippen LogP contribution in [0.4, 0.5) is 0 Å². The van der Waals surface area contributed by atoms with Gasteiger partial charge in [-0.05, 0) is 19.1 Å². The zero-order valence-corrected chi connectivity index (χ0v) is 10.8. The van der Waals surface area contributed by atoms with Crippen molar-refractivity contribution in [3.8, 4) is 11.6 Å². The Morgan fingerprint density at radius 3 is 3.00 bits per heavy atom. The summed E-state index contributed by atoms with van der Waals surface area (Å²) in [4.78, 5) is 15.5. The van der Waals surface area contributed by atoms with Gasteiger partial charge in [-0.3, -0.25) is 4.79 Å². The van der Waals surface area contributed by atoms with Gasteiger partial charge in [-0.25, -0.2) is 0 Å². The van der Waals surface area contributed by atoms with Gasteiger partial charge in [-0.2, -0.15) is 4.98 Å². The van der Waals surface area contributed by atoms with E-state index in [0.29, 0.717) is 18.2 Å². The van der Waals surface area contributed by atoms with Crippen LogP contribution in [0.15, 0.2) is 39.3 Å². The summed E-state index contributed by atoms with van der Waals surface area (Å²) in [5.41, 5.74) is 0.749. The van der Waals surface area contributed by atoms with Crippen LogP contribution in [0.25, 0.3) is 22.6 Å². The molecule has 0 aliphatic rings. The Labute approximate surface area is 114 Å². The van der Waals surface area contributed by atoms with Gasteiger partial charge in [-0.15, -0.1) is 0 Å². The molecule has 3 aromatic rings. The Balaban J connectivity index is 1.84. The van der Waals surface area contributed by atoms with Crippen molar-refractivity contribution < 1.29 is 18.5 Å². The zero-order valence-electron chi connectivity index (χ0n) is 10.8. The molecule has 0 unspecified atom stereocenters. The summed E-state index contributed by atoms with van der Waals surface area (Å²) < 4.78 is 15.4. The monoisotopic (exact) mass is 272 g/mol. The Morgan fingerprint density at radius 1 is 1.35 bits per heavy atom. The lowest BCUT2D eigenvalue weighted by molar-refractivity contribution is -0.142. The Hall–Kier alpha value is -2.63. The first-order chi connectivity index (χ1) is 9.76. The minimum Gasteiger partial charge on any atom is -0.466 e. The molecule has 1 aromatic carbocycles. The second-order valence-corrected chi connectivity index (χ2v) is 4.14. The van der Waals surface area contributed by atoms with Gasteiger partial charge in [0.2, 0.25) is 11.7 Å². The number of carbonyl (C=O) groups excluding carboxylic acids is 1. The van der Waals surface area contributed by atoms with Crippen LogP contribution in [-0.4, -0.2) is 22.7 Å². The van der Waals surface area contributed by atoms with Crippen LogP contribution in [0.1, 0.15) is 12.8 Å². The number of aromatic nitrogens is 2.